The molecular weight excluding hydrogens is 440 g/mol. The highest BCUT2D eigenvalue weighted by Crippen LogP contribution is 2.32. The van der Waals surface area contributed by atoms with E-state index in [0.717, 1.165) is 16.9 Å². The first-order valence-corrected chi connectivity index (χ1v) is 9.95. The molecule has 0 bridgehead atoms. The fraction of sp³-hybridized carbons (Fsp3) is 0.429. The lowest BCUT2D eigenvalue weighted by atomic mass is 10.1. The van der Waals surface area contributed by atoms with Crippen molar-refractivity contribution in [3.8, 4) is 5.75 Å². The van der Waals surface area contributed by atoms with Crippen LogP contribution in [0.3, 0.4) is 0 Å². The van der Waals surface area contributed by atoms with Crippen molar-refractivity contribution in [1.29, 1.82) is 0 Å². The van der Waals surface area contributed by atoms with E-state index in [0.29, 0.717) is 36.8 Å². The normalized spacial score (nSPS) is 18.2. The third kappa shape index (κ3) is 6.45. The summed E-state index contributed by atoms with van der Waals surface area (Å²) in [5, 5.41) is 10.8. The molecule has 1 aliphatic rings. The number of hydrogen-bond acceptors (Lipinski definition) is 4. The van der Waals surface area contributed by atoms with E-state index in [1.165, 1.54) is 12.1 Å². The Balaban J connectivity index is 0.00000300. The van der Waals surface area contributed by atoms with E-state index in [1.54, 1.807) is 0 Å². The first-order chi connectivity index (χ1) is 13.3. The maximum Gasteiger partial charge on any atom is 0.142 e. The number of nitrogens with zero attached hydrogens (tertiary/aromatic N) is 1. The summed E-state index contributed by atoms with van der Waals surface area (Å²) in [4.78, 5) is 2.06. The van der Waals surface area contributed by atoms with E-state index >= 15 is 0 Å². The molecule has 2 aromatic rings. The molecule has 1 N–H and O–H groups in total. The van der Waals surface area contributed by atoms with Gasteiger partial charge in [-0.3, -0.25) is 4.90 Å². The van der Waals surface area contributed by atoms with Crippen LogP contribution in [0, 0.1) is 19.7 Å². The molecule has 1 saturated heterocycles. The maximum absolute atomic E-state index is 13.8. The maximum atomic E-state index is 13.8. The van der Waals surface area contributed by atoms with E-state index in [1.807, 2.05) is 32.0 Å². The molecule has 1 aliphatic heterocycles. The standard InChI is InChI=1S/C21H24Cl2FNO3.ClH/c1-13-3-4-14(2)20(7-13)28-12-15(26)10-25-5-6-27-21(11-25)16-8-19(24)18(23)9-17(16)22;/h3-4,7-9,15,21,26H,5-6,10-12H2,1-2H3;1H. The number of morpholine rings is 1. The highest BCUT2D eigenvalue weighted by molar-refractivity contribution is 6.35. The van der Waals surface area contributed by atoms with Crippen molar-refractivity contribution in [2.45, 2.75) is 26.1 Å². The number of hydrogen-bond donors (Lipinski definition) is 1. The van der Waals surface area contributed by atoms with Gasteiger partial charge in [0.25, 0.3) is 0 Å². The zero-order valence-corrected chi connectivity index (χ0v) is 18.7. The molecule has 2 atom stereocenters. The molecule has 2 unspecified atom stereocenters. The summed E-state index contributed by atoms with van der Waals surface area (Å²) in [5.74, 6) is 0.256. The lowest BCUT2D eigenvalue weighted by Crippen LogP contribution is -2.43. The molecule has 0 radical (unpaired) electrons. The molecule has 0 aliphatic carbocycles. The second kappa shape index (κ2) is 10.8. The summed E-state index contributed by atoms with van der Waals surface area (Å²) >= 11 is 12.0. The molecule has 160 valence electrons. The summed E-state index contributed by atoms with van der Waals surface area (Å²) in [6, 6.07) is 8.70. The SMILES string of the molecule is Cc1ccc(C)c(OCC(O)CN2CCOC(c3cc(F)c(Cl)cc3Cl)C2)c1.Cl. The molecule has 1 heterocycles. The van der Waals surface area contributed by atoms with E-state index in [9.17, 15) is 9.50 Å². The van der Waals surface area contributed by atoms with Crippen molar-refractivity contribution < 1.29 is 19.0 Å². The highest BCUT2D eigenvalue weighted by atomic mass is 35.5. The Kier molecular flexibility index (Phi) is 9.01. The van der Waals surface area contributed by atoms with Gasteiger partial charge in [-0.05, 0) is 43.2 Å². The quantitative estimate of drug-likeness (QED) is 0.612. The van der Waals surface area contributed by atoms with Crippen molar-refractivity contribution in [3.63, 3.8) is 0 Å². The molecule has 8 heteroatoms. The molecule has 0 spiro atoms. The fourth-order valence-corrected chi connectivity index (χ4v) is 3.75. The molecule has 0 aromatic heterocycles. The molecule has 29 heavy (non-hydrogen) atoms. The highest BCUT2D eigenvalue weighted by Gasteiger charge is 2.26. The second-order valence-corrected chi connectivity index (χ2v) is 7.96. The Hall–Kier alpha value is -1.08. The van der Waals surface area contributed by atoms with Crippen LogP contribution in [0.1, 0.15) is 22.8 Å². The van der Waals surface area contributed by atoms with Gasteiger partial charge in [-0.1, -0.05) is 35.3 Å². The Morgan fingerprint density at radius 3 is 2.76 bits per heavy atom. The summed E-state index contributed by atoms with van der Waals surface area (Å²) in [6.45, 7) is 6.24. The van der Waals surface area contributed by atoms with Gasteiger partial charge in [0.05, 0.1) is 17.7 Å². The zero-order chi connectivity index (χ0) is 20.3. The van der Waals surface area contributed by atoms with Crippen LogP contribution in [-0.2, 0) is 4.74 Å². The van der Waals surface area contributed by atoms with Gasteiger partial charge in [-0.2, -0.15) is 0 Å². The minimum absolute atomic E-state index is 0. The Labute approximate surface area is 186 Å². The molecule has 4 nitrogen and oxygen atoms in total. The van der Waals surface area contributed by atoms with Gasteiger partial charge in [-0.25, -0.2) is 4.39 Å². The van der Waals surface area contributed by atoms with Crippen molar-refractivity contribution in [1.82, 2.24) is 4.90 Å². The van der Waals surface area contributed by atoms with E-state index in [-0.39, 0.29) is 30.1 Å². The Morgan fingerprint density at radius 2 is 2.00 bits per heavy atom. The van der Waals surface area contributed by atoms with Crippen LogP contribution >= 0.6 is 35.6 Å². The number of ether oxygens (including phenoxy) is 2. The molecule has 1 fully saturated rings. The van der Waals surface area contributed by atoms with Crippen LogP contribution in [0.4, 0.5) is 4.39 Å². The van der Waals surface area contributed by atoms with Gasteiger partial charge < -0.3 is 14.6 Å². The van der Waals surface area contributed by atoms with E-state index in [2.05, 4.69) is 4.90 Å². The third-order valence-electron chi connectivity index (χ3n) is 4.78. The molecular formula is C21H25Cl3FNO3. The Bertz CT molecular complexity index is 837. The predicted molar refractivity (Wildman–Crippen MR) is 116 cm³/mol. The number of aryl methyl sites for hydroxylation is 2. The molecule has 2 aromatic carbocycles. The van der Waals surface area contributed by atoms with Gasteiger partial charge >= 0.3 is 0 Å². The smallest absolute Gasteiger partial charge is 0.142 e. The van der Waals surface area contributed by atoms with Gasteiger partial charge in [0.2, 0.25) is 0 Å². The minimum atomic E-state index is -0.656. The monoisotopic (exact) mass is 463 g/mol. The topological polar surface area (TPSA) is 41.9 Å². The summed E-state index contributed by atoms with van der Waals surface area (Å²) in [5.41, 5.74) is 2.70. The van der Waals surface area contributed by atoms with Crippen LogP contribution in [0.2, 0.25) is 10.0 Å². The van der Waals surface area contributed by atoms with Gasteiger partial charge in [0.15, 0.2) is 0 Å². The van der Waals surface area contributed by atoms with Crippen LogP contribution in [0.5, 0.6) is 5.75 Å². The predicted octanol–water partition coefficient (Wildman–Crippen LogP) is 4.98. The lowest BCUT2D eigenvalue weighted by molar-refractivity contribution is -0.0460. The molecule has 0 amide bonds. The van der Waals surface area contributed by atoms with Crippen molar-refractivity contribution in [3.05, 3.63) is 62.9 Å². The van der Waals surface area contributed by atoms with Crippen molar-refractivity contribution >= 4 is 35.6 Å². The van der Waals surface area contributed by atoms with Crippen LogP contribution in [0.15, 0.2) is 30.3 Å². The number of halogens is 4. The first-order valence-electron chi connectivity index (χ1n) is 9.20. The summed E-state index contributed by atoms with van der Waals surface area (Å²) in [7, 11) is 0. The summed E-state index contributed by atoms with van der Waals surface area (Å²) < 4.78 is 25.4. The number of aliphatic hydroxyl groups is 1. The minimum Gasteiger partial charge on any atom is -0.491 e. The number of rotatable bonds is 6. The summed E-state index contributed by atoms with van der Waals surface area (Å²) in [6.07, 6.45) is -1.03. The number of β-amino-alcohol motifs (C(OH)–C–C–N with tert-alkyl or cyclic N) is 1. The molecule has 3 rings (SSSR count). The lowest BCUT2D eigenvalue weighted by Gasteiger charge is -2.34. The van der Waals surface area contributed by atoms with Gasteiger partial charge in [0, 0.05) is 30.2 Å². The van der Waals surface area contributed by atoms with Crippen LogP contribution in [-0.4, -0.2) is 49.0 Å². The zero-order valence-electron chi connectivity index (χ0n) is 16.3. The molecule has 0 saturated carbocycles. The average Bonchev–Trinajstić information content (AvgIpc) is 2.65. The first kappa shape index (κ1) is 24.2. The Morgan fingerprint density at radius 1 is 1.24 bits per heavy atom. The van der Waals surface area contributed by atoms with Crippen molar-refractivity contribution in [2.75, 3.05) is 32.8 Å². The van der Waals surface area contributed by atoms with E-state index in [4.69, 9.17) is 32.7 Å². The van der Waals surface area contributed by atoms with Crippen LogP contribution < -0.4 is 4.74 Å². The number of aliphatic hydroxyl groups excluding tert-OH is 1. The van der Waals surface area contributed by atoms with Crippen molar-refractivity contribution in [2.24, 2.45) is 0 Å². The van der Waals surface area contributed by atoms with Gasteiger partial charge in [-0.15, -0.1) is 12.4 Å². The third-order valence-corrected chi connectivity index (χ3v) is 5.40. The fourth-order valence-electron chi connectivity index (χ4n) is 3.24. The average molecular weight is 465 g/mol. The van der Waals surface area contributed by atoms with Crippen LogP contribution in [0.25, 0.3) is 0 Å². The van der Waals surface area contributed by atoms with Gasteiger partial charge in [0.1, 0.15) is 24.3 Å². The van der Waals surface area contributed by atoms with E-state index < -0.39 is 11.9 Å². The largest absolute Gasteiger partial charge is 0.491 e. The second-order valence-electron chi connectivity index (χ2n) is 7.14. The number of benzene rings is 2.